The first kappa shape index (κ1) is 9.94. The zero-order valence-electron chi connectivity index (χ0n) is 8.16. The lowest BCUT2D eigenvalue weighted by atomic mass is 10.2. The predicted molar refractivity (Wildman–Crippen MR) is 52.8 cm³/mol. The number of rotatable bonds is 3. The third-order valence-corrected chi connectivity index (χ3v) is 2.48. The van der Waals surface area contributed by atoms with Gasteiger partial charge in [-0.3, -0.25) is 0 Å². The van der Waals surface area contributed by atoms with Crippen LogP contribution in [0.2, 0.25) is 0 Å². The summed E-state index contributed by atoms with van der Waals surface area (Å²) in [5, 5.41) is 8.53. The molecule has 0 unspecified atom stereocenters. The zero-order valence-corrected chi connectivity index (χ0v) is 8.16. The molecule has 0 bridgehead atoms. The van der Waals surface area contributed by atoms with Crippen LogP contribution < -0.4 is 10.5 Å². The summed E-state index contributed by atoms with van der Waals surface area (Å²) in [5.41, 5.74) is 5.62. The van der Waals surface area contributed by atoms with Gasteiger partial charge in [-0.1, -0.05) is 0 Å². The molecule has 0 atom stereocenters. The Kier molecular flexibility index (Phi) is 2.33. The third-order valence-electron chi connectivity index (χ3n) is 2.48. The van der Waals surface area contributed by atoms with Crippen LogP contribution in [-0.2, 0) is 0 Å². The lowest BCUT2D eigenvalue weighted by Gasteiger charge is -2.10. The van der Waals surface area contributed by atoms with Gasteiger partial charge in [0.15, 0.2) is 0 Å². The van der Waals surface area contributed by atoms with E-state index < -0.39 is 5.82 Å². The summed E-state index contributed by atoms with van der Waals surface area (Å²) in [6.07, 6.45) is 1.90. The minimum atomic E-state index is -0.558. The number of nitrogens with zero attached hydrogens (tertiary/aromatic N) is 1. The molecule has 1 aromatic rings. The van der Waals surface area contributed by atoms with E-state index in [2.05, 4.69) is 0 Å². The van der Waals surface area contributed by atoms with Crippen LogP contribution in [0.3, 0.4) is 0 Å². The largest absolute Gasteiger partial charge is 0.492 e. The van der Waals surface area contributed by atoms with E-state index in [1.165, 1.54) is 12.1 Å². The van der Waals surface area contributed by atoms with E-state index in [9.17, 15) is 4.39 Å². The maximum absolute atomic E-state index is 13.2. The molecule has 0 aromatic heterocycles. The molecule has 1 aliphatic carbocycles. The molecular weight excluding hydrogens is 195 g/mol. The van der Waals surface area contributed by atoms with Gasteiger partial charge in [0, 0.05) is 6.07 Å². The number of benzene rings is 1. The van der Waals surface area contributed by atoms with E-state index in [1.54, 1.807) is 12.1 Å². The molecule has 0 saturated heterocycles. The number of hydrogen-bond acceptors (Lipinski definition) is 3. The fourth-order valence-corrected chi connectivity index (χ4v) is 1.21. The van der Waals surface area contributed by atoms with E-state index in [-0.39, 0.29) is 11.1 Å². The van der Waals surface area contributed by atoms with Gasteiger partial charge in [0.25, 0.3) is 0 Å². The third kappa shape index (κ3) is 2.25. The van der Waals surface area contributed by atoms with Crippen molar-refractivity contribution in [1.82, 2.24) is 0 Å². The molecule has 0 spiro atoms. The van der Waals surface area contributed by atoms with E-state index in [0.29, 0.717) is 12.4 Å². The van der Waals surface area contributed by atoms with Crippen LogP contribution in [0.1, 0.15) is 18.4 Å². The van der Waals surface area contributed by atoms with Gasteiger partial charge in [0.2, 0.25) is 0 Å². The molecule has 1 fully saturated rings. The van der Waals surface area contributed by atoms with Gasteiger partial charge in [0.1, 0.15) is 24.2 Å². The highest BCUT2D eigenvalue weighted by Crippen LogP contribution is 2.32. The van der Waals surface area contributed by atoms with Crippen LogP contribution in [0.4, 0.5) is 4.39 Å². The second-order valence-corrected chi connectivity index (χ2v) is 3.90. The minimum absolute atomic E-state index is 0.0243. The molecule has 1 aromatic carbocycles. The normalized spacial score (nSPS) is 16.9. The Balaban J connectivity index is 2.03. The van der Waals surface area contributed by atoms with Crippen molar-refractivity contribution < 1.29 is 9.13 Å². The maximum atomic E-state index is 13.2. The Labute approximate surface area is 87.3 Å². The Morgan fingerprint density at radius 1 is 1.53 bits per heavy atom. The minimum Gasteiger partial charge on any atom is -0.492 e. The highest BCUT2D eigenvalue weighted by atomic mass is 19.1. The number of ether oxygens (including phenoxy) is 1. The van der Waals surface area contributed by atoms with Crippen LogP contribution in [0.25, 0.3) is 0 Å². The molecule has 1 aliphatic rings. The summed E-state index contributed by atoms with van der Waals surface area (Å²) in [4.78, 5) is 0. The van der Waals surface area contributed by atoms with Crippen molar-refractivity contribution >= 4 is 0 Å². The number of hydrogen-bond donors (Lipinski definition) is 1. The Hall–Kier alpha value is -1.60. The summed E-state index contributed by atoms with van der Waals surface area (Å²) in [6, 6.07) is 5.94. The summed E-state index contributed by atoms with van der Waals surface area (Å²) < 4.78 is 18.5. The second kappa shape index (κ2) is 3.52. The van der Waals surface area contributed by atoms with Crippen molar-refractivity contribution in [3.63, 3.8) is 0 Å². The van der Waals surface area contributed by atoms with E-state index >= 15 is 0 Å². The first-order valence-corrected chi connectivity index (χ1v) is 4.74. The Morgan fingerprint density at radius 2 is 2.27 bits per heavy atom. The predicted octanol–water partition coefficient (Wildman–Crippen LogP) is 1.57. The van der Waals surface area contributed by atoms with Crippen LogP contribution in [0.5, 0.6) is 5.75 Å². The first-order valence-electron chi connectivity index (χ1n) is 4.74. The number of halogens is 1. The summed E-state index contributed by atoms with van der Waals surface area (Å²) in [5.74, 6) is -0.139. The van der Waals surface area contributed by atoms with Crippen LogP contribution in [0, 0.1) is 17.1 Å². The van der Waals surface area contributed by atoms with Gasteiger partial charge in [0.05, 0.1) is 11.1 Å². The van der Waals surface area contributed by atoms with Gasteiger partial charge in [-0.2, -0.15) is 5.26 Å². The quantitative estimate of drug-likeness (QED) is 0.816. The van der Waals surface area contributed by atoms with Crippen molar-refractivity contribution in [2.75, 3.05) is 6.61 Å². The molecule has 78 valence electrons. The zero-order chi connectivity index (χ0) is 10.9. The average molecular weight is 206 g/mol. The summed E-state index contributed by atoms with van der Waals surface area (Å²) >= 11 is 0. The maximum Gasteiger partial charge on any atom is 0.144 e. The Bertz CT molecular complexity index is 421. The highest BCUT2D eigenvalue weighted by molar-refractivity contribution is 5.36. The van der Waals surface area contributed by atoms with Crippen molar-refractivity contribution in [2.45, 2.75) is 18.4 Å². The molecule has 15 heavy (non-hydrogen) atoms. The highest BCUT2D eigenvalue weighted by Gasteiger charge is 2.39. The summed E-state index contributed by atoms with van der Waals surface area (Å²) in [6.45, 7) is 0.401. The lowest BCUT2D eigenvalue weighted by Crippen LogP contribution is -2.29. The van der Waals surface area contributed by atoms with E-state index in [4.69, 9.17) is 15.7 Å². The first-order chi connectivity index (χ1) is 7.13. The monoisotopic (exact) mass is 206 g/mol. The standard InChI is InChI=1S/C11H11FN2O/c12-10-5-9(2-1-8(10)6-13)15-7-11(14)3-4-11/h1-2,5H,3-4,7,14H2. The molecule has 3 nitrogen and oxygen atoms in total. The van der Waals surface area contributed by atoms with Gasteiger partial charge < -0.3 is 10.5 Å². The summed E-state index contributed by atoms with van der Waals surface area (Å²) in [7, 11) is 0. The molecule has 4 heteroatoms. The fourth-order valence-electron chi connectivity index (χ4n) is 1.21. The van der Waals surface area contributed by atoms with Crippen molar-refractivity contribution in [3.8, 4) is 11.8 Å². The van der Waals surface area contributed by atoms with Crippen LogP contribution >= 0.6 is 0 Å². The van der Waals surface area contributed by atoms with Crippen molar-refractivity contribution in [3.05, 3.63) is 29.6 Å². The molecule has 2 N–H and O–H groups in total. The van der Waals surface area contributed by atoms with Crippen molar-refractivity contribution in [1.29, 1.82) is 5.26 Å². The van der Waals surface area contributed by atoms with Gasteiger partial charge in [-0.15, -0.1) is 0 Å². The van der Waals surface area contributed by atoms with Crippen LogP contribution in [0.15, 0.2) is 18.2 Å². The molecule has 0 radical (unpaired) electrons. The second-order valence-electron chi connectivity index (χ2n) is 3.90. The average Bonchev–Trinajstić information content (AvgIpc) is 2.95. The topological polar surface area (TPSA) is 59.0 Å². The van der Waals surface area contributed by atoms with Gasteiger partial charge >= 0.3 is 0 Å². The smallest absolute Gasteiger partial charge is 0.144 e. The molecular formula is C11H11FN2O. The molecule has 0 aliphatic heterocycles. The van der Waals surface area contributed by atoms with Crippen molar-refractivity contribution in [2.24, 2.45) is 5.73 Å². The van der Waals surface area contributed by atoms with Gasteiger partial charge in [-0.05, 0) is 25.0 Å². The van der Waals surface area contributed by atoms with E-state index in [0.717, 1.165) is 12.8 Å². The molecule has 2 rings (SSSR count). The van der Waals surface area contributed by atoms with Crippen LogP contribution in [-0.4, -0.2) is 12.1 Å². The SMILES string of the molecule is N#Cc1ccc(OCC2(N)CC2)cc1F. The molecule has 1 saturated carbocycles. The fraction of sp³-hybridized carbons (Fsp3) is 0.364. The number of nitrogens with two attached hydrogens (primary N) is 1. The number of nitriles is 1. The Morgan fingerprint density at radius 3 is 2.80 bits per heavy atom. The van der Waals surface area contributed by atoms with E-state index in [1.807, 2.05) is 0 Å². The lowest BCUT2D eigenvalue weighted by molar-refractivity contribution is 0.278. The molecule has 0 amide bonds. The molecule has 0 heterocycles. The van der Waals surface area contributed by atoms with Gasteiger partial charge in [-0.25, -0.2) is 4.39 Å².